The maximum atomic E-state index is 12.4. The maximum Gasteiger partial charge on any atom is 0.224 e. The topological polar surface area (TPSA) is 46.9 Å². The number of carbonyl (C=O) groups excluding carboxylic acids is 1. The van der Waals surface area contributed by atoms with Gasteiger partial charge in [0.1, 0.15) is 0 Å². The van der Waals surface area contributed by atoms with Gasteiger partial charge in [-0.2, -0.15) is 5.10 Å². The quantitative estimate of drug-likeness (QED) is 0.781. The fourth-order valence-corrected chi connectivity index (χ4v) is 4.88. The van der Waals surface area contributed by atoms with E-state index in [9.17, 15) is 4.79 Å². The predicted molar refractivity (Wildman–Crippen MR) is 103 cm³/mol. The Kier molecular flexibility index (Phi) is 4.44. The van der Waals surface area contributed by atoms with Crippen molar-refractivity contribution in [3.05, 3.63) is 40.1 Å². The van der Waals surface area contributed by atoms with Gasteiger partial charge in [0.25, 0.3) is 0 Å². The summed E-state index contributed by atoms with van der Waals surface area (Å²) in [5, 5.41) is 7.60. The first-order chi connectivity index (χ1) is 12.0. The molecular weight excluding hydrogens is 378 g/mol. The molecule has 0 saturated heterocycles. The van der Waals surface area contributed by atoms with Crippen molar-refractivity contribution >= 4 is 27.5 Å². The largest absolute Gasteiger partial charge is 0.326 e. The molecule has 0 radical (unpaired) electrons. The molecule has 132 valence electrons. The first kappa shape index (κ1) is 16.8. The van der Waals surface area contributed by atoms with Crippen LogP contribution in [0.2, 0.25) is 0 Å². The molecule has 0 spiro atoms. The smallest absolute Gasteiger partial charge is 0.224 e. The molecule has 2 fully saturated rings. The number of amides is 1. The molecule has 3 atom stereocenters. The minimum Gasteiger partial charge on any atom is -0.326 e. The van der Waals surface area contributed by atoms with Gasteiger partial charge in [-0.25, -0.2) is 4.68 Å². The third-order valence-corrected chi connectivity index (χ3v) is 7.08. The van der Waals surface area contributed by atoms with Crippen molar-refractivity contribution in [3.8, 4) is 5.69 Å². The third-order valence-electron chi connectivity index (χ3n) is 5.93. The lowest BCUT2D eigenvalue weighted by Crippen LogP contribution is -2.20. The predicted octanol–water partition coefficient (Wildman–Crippen LogP) is 5.02. The molecule has 2 aliphatic carbocycles. The number of rotatable bonds is 4. The summed E-state index contributed by atoms with van der Waals surface area (Å²) in [7, 11) is 0. The van der Waals surface area contributed by atoms with E-state index in [1.807, 2.05) is 42.8 Å². The Morgan fingerprint density at radius 3 is 2.56 bits per heavy atom. The Labute approximate surface area is 157 Å². The first-order valence-electron chi connectivity index (χ1n) is 9.13. The molecule has 4 rings (SSSR count). The van der Waals surface area contributed by atoms with Crippen LogP contribution < -0.4 is 5.32 Å². The summed E-state index contributed by atoms with van der Waals surface area (Å²) >= 11 is 3.56. The van der Waals surface area contributed by atoms with E-state index in [1.165, 1.54) is 25.7 Å². The van der Waals surface area contributed by atoms with Gasteiger partial charge in [0, 0.05) is 12.1 Å². The van der Waals surface area contributed by atoms with Crippen LogP contribution in [0.4, 0.5) is 5.69 Å². The molecule has 1 amide bonds. The van der Waals surface area contributed by atoms with Gasteiger partial charge >= 0.3 is 0 Å². The van der Waals surface area contributed by atoms with Crippen molar-refractivity contribution in [1.29, 1.82) is 0 Å². The van der Waals surface area contributed by atoms with E-state index in [0.29, 0.717) is 12.3 Å². The van der Waals surface area contributed by atoms with Crippen LogP contribution in [-0.4, -0.2) is 15.7 Å². The van der Waals surface area contributed by atoms with Crippen LogP contribution in [0.25, 0.3) is 5.69 Å². The summed E-state index contributed by atoms with van der Waals surface area (Å²) in [5.74, 6) is 2.44. The fraction of sp³-hybridized carbons (Fsp3) is 0.500. The molecule has 0 aliphatic heterocycles. The van der Waals surface area contributed by atoms with Crippen LogP contribution in [0.15, 0.2) is 28.7 Å². The molecule has 2 aliphatic rings. The summed E-state index contributed by atoms with van der Waals surface area (Å²) < 4.78 is 2.95. The second-order valence-electron chi connectivity index (χ2n) is 7.63. The summed E-state index contributed by atoms with van der Waals surface area (Å²) in [4.78, 5) is 12.4. The van der Waals surface area contributed by atoms with Gasteiger partial charge in [0.05, 0.1) is 21.5 Å². The van der Waals surface area contributed by atoms with E-state index in [-0.39, 0.29) is 5.91 Å². The van der Waals surface area contributed by atoms with Gasteiger partial charge in [-0.3, -0.25) is 4.79 Å². The molecule has 0 unspecified atom stereocenters. The minimum atomic E-state index is 0.152. The molecule has 2 saturated carbocycles. The molecule has 4 nitrogen and oxygen atoms in total. The summed E-state index contributed by atoms with van der Waals surface area (Å²) in [5.41, 5.74) is 3.90. The number of aromatic nitrogens is 2. The van der Waals surface area contributed by atoms with Gasteiger partial charge in [0.15, 0.2) is 0 Å². The van der Waals surface area contributed by atoms with Crippen molar-refractivity contribution in [1.82, 2.24) is 9.78 Å². The number of hydrogen-bond acceptors (Lipinski definition) is 2. The number of nitrogens with one attached hydrogen (secondary N) is 1. The Balaban J connectivity index is 1.40. The molecule has 1 aromatic carbocycles. The Hall–Kier alpha value is -1.62. The van der Waals surface area contributed by atoms with E-state index in [1.54, 1.807) is 0 Å². The van der Waals surface area contributed by atoms with Crippen LogP contribution in [0.5, 0.6) is 0 Å². The number of halogens is 1. The number of hydrogen-bond donors (Lipinski definition) is 1. The van der Waals surface area contributed by atoms with E-state index < -0.39 is 0 Å². The van der Waals surface area contributed by atoms with Crippen LogP contribution in [0, 0.1) is 31.6 Å². The standard InChI is InChI=1S/C20H24BrN3O/c1-12-20(21)13(2)24(23-12)18-7-5-17(6-8-18)22-19(25)11-16-10-14-3-4-15(16)9-14/h5-8,14-16H,3-4,9-11H2,1-2H3,(H,22,25)/t14-,15-,16-/m1/s1. The second-order valence-corrected chi connectivity index (χ2v) is 8.42. The van der Waals surface area contributed by atoms with Crippen molar-refractivity contribution in [2.24, 2.45) is 17.8 Å². The summed E-state index contributed by atoms with van der Waals surface area (Å²) in [6.07, 6.45) is 5.99. The highest BCUT2D eigenvalue weighted by Crippen LogP contribution is 2.49. The molecule has 25 heavy (non-hydrogen) atoms. The maximum absolute atomic E-state index is 12.4. The van der Waals surface area contributed by atoms with E-state index in [2.05, 4.69) is 26.3 Å². The number of benzene rings is 1. The number of fused-ring (bicyclic) bond motifs is 2. The molecule has 2 aromatic rings. The zero-order valence-electron chi connectivity index (χ0n) is 14.8. The van der Waals surface area contributed by atoms with Crippen molar-refractivity contribution < 1.29 is 4.79 Å². The number of anilines is 1. The molecule has 1 aromatic heterocycles. The molecule has 5 heteroatoms. The van der Waals surface area contributed by atoms with E-state index >= 15 is 0 Å². The minimum absolute atomic E-state index is 0.152. The highest BCUT2D eigenvalue weighted by Gasteiger charge is 2.40. The molecular formula is C20H24BrN3O. The van der Waals surface area contributed by atoms with Crippen LogP contribution in [0.3, 0.4) is 0 Å². The van der Waals surface area contributed by atoms with Crippen molar-refractivity contribution in [3.63, 3.8) is 0 Å². The third kappa shape index (κ3) is 3.26. The summed E-state index contributed by atoms with van der Waals surface area (Å²) in [6, 6.07) is 7.91. The monoisotopic (exact) mass is 401 g/mol. The molecule has 1 heterocycles. The lowest BCUT2D eigenvalue weighted by Gasteiger charge is -2.20. The zero-order valence-corrected chi connectivity index (χ0v) is 16.3. The zero-order chi connectivity index (χ0) is 17.6. The van der Waals surface area contributed by atoms with Gasteiger partial charge < -0.3 is 5.32 Å². The van der Waals surface area contributed by atoms with E-state index in [4.69, 9.17) is 0 Å². The number of carbonyl (C=O) groups is 1. The van der Waals surface area contributed by atoms with Gasteiger partial charge in [-0.15, -0.1) is 0 Å². The van der Waals surface area contributed by atoms with Crippen molar-refractivity contribution in [2.75, 3.05) is 5.32 Å². The lowest BCUT2D eigenvalue weighted by atomic mass is 9.86. The first-order valence-corrected chi connectivity index (χ1v) is 9.92. The molecule has 1 N–H and O–H groups in total. The van der Waals surface area contributed by atoms with Crippen LogP contribution in [0.1, 0.15) is 43.5 Å². The lowest BCUT2D eigenvalue weighted by molar-refractivity contribution is -0.117. The molecule has 2 bridgehead atoms. The SMILES string of the molecule is Cc1nn(-c2ccc(NC(=O)C[C@H]3C[C@@H]4CC[C@@H]3C4)cc2)c(C)c1Br. The highest BCUT2D eigenvalue weighted by molar-refractivity contribution is 9.10. The average molecular weight is 402 g/mol. The Morgan fingerprint density at radius 2 is 2.00 bits per heavy atom. The van der Waals surface area contributed by atoms with Crippen molar-refractivity contribution in [2.45, 2.75) is 46.0 Å². The number of nitrogens with zero attached hydrogens (tertiary/aromatic N) is 2. The average Bonchev–Trinajstić information content (AvgIpc) is 3.27. The summed E-state index contributed by atoms with van der Waals surface area (Å²) in [6.45, 7) is 4.02. The highest BCUT2D eigenvalue weighted by atomic mass is 79.9. The Bertz CT molecular complexity index is 796. The van der Waals surface area contributed by atoms with Gasteiger partial charge in [-0.05, 0) is 91.1 Å². The van der Waals surface area contributed by atoms with Crippen LogP contribution >= 0.6 is 15.9 Å². The van der Waals surface area contributed by atoms with Crippen LogP contribution in [-0.2, 0) is 4.79 Å². The van der Waals surface area contributed by atoms with Gasteiger partial charge in [0.2, 0.25) is 5.91 Å². The van der Waals surface area contributed by atoms with Gasteiger partial charge in [-0.1, -0.05) is 6.42 Å². The number of aryl methyl sites for hydroxylation is 1. The fourth-order valence-electron chi connectivity index (χ4n) is 4.64. The normalized spacial score (nSPS) is 24.7. The van der Waals surface area contributed by atoms with E-state index in [0.717, 1.165) is 39.1 Å². The Morgan fingerprint density at radius 1 is 1.24 bits per heavy atom. The second kappa shape index (κ2) is 6.60.